The fourth-order valence-electron chi connectivity index (χ4n) is 2.49. The van der Waals surface area contributed by atoms with E-state index in [2.05, 4.69) is 10.4 Å². The van der Waals surface area contributed by atoms with Crippen LogP contribution in [0.4, 0.5) is 0 Å². The van der Waals surface area contributed by atoms with E-state index < -0.39 is 0 Å². The maximum Gasteiger partial charge on any atom is 0.255 e. The zero-order chi connectivity index (χ0) is 16.8. The lowest BCUT2D eigenvalue weighted by molar-refractivity contribution is 0.0949. The lowest BCUT2D eigenvalue weighted by Crippen LogP contribution is -2.26. The molecule has 0 bridgehead atoms. The number of hydrogen-bond acceptors (Lipinski definition) is 4. The number of carbonyl (C=O) groups excluding carboxylic acids is 1. The van der Waals surface area contributed by atoms with Crippen molar-refractivity contribution in [3.8, 4) is 11.5 Å². The van der Waals surface area contributed by atoms with Crippen LogP contribution < -0.4 is 14.8 Å². The minimum atomic E-state index is -0.172. The molecule has 0 aliphatic rings. The Balaban J connectivity index is 1.91. The second-order valence-electron chi connectivity index (χ2n) is 5.30. The van der Waals surface area contributed by atoms with E-state index in [0.29, 0.717) is 23.6 Å². The van der Waals surface area contributed by atoms with Crippen molar-refractivity contribution in [2.45, 2.75) is 26.8 Å². The molecule has 0 atom stereocenters. The number of amides is 1. The first-order valence-electron chi connectivity index (χ1n) is 7.57. The molecule has 1 aromatic carbocycles. The maximum atomic E-state index is 12.3. The van der Waals surface area contributed by atoms with Gasteiger partial charge in [-0.1, -0.05) is 6.07 Å². The van der Waals surface area contributed by atoms with Crippen LogP contribution in [-0.2, 0) is 6.54 Å². The van der Waals surface area contributed by atoms with Crippen molar-refractivity contribution in [3.63, 3.8) is 0 Å². The smallest absolute Gasteiger partial charge is 0.255 e. The highest BCUT2D eigenvalue weighted by atomic mass is 16.5. The molecule has 0 radical (unpaired) electrons. The molecule has 6 nitrogen and oxygen atoms in total. The van der Waals surface area contributed by atoms with Crippen LogP contribution in [0.25, 0.3) is 0 Å². The first-order valence-corrected chi connectivity index (χ1v) is 7.57. The van der Waals surface area contributed by atoms with Gasteiger partial charge in [-0.15, -0.1) is 0 Å². The molecule has 124 valence electrons. The third-order valence-corrected chi connectivity index (χ3v) is 3.58. The second-order valence-corrected chi connectivity index (χ2v) is 5.30. The fourth-order valence-corrected chi connectivity index (χ4v) is 2.49. The predicted molar refractivity (Wildman–Crippen MR) is 88.2 cm³/mol. The molecule has 0 aliphatic heterocycles. The maximum absolute atomic E-state index is 12.3. The number of para-hydroxylation sites is 1. The standard InChI is InChI=1S/C17H23N3O3/c1-12-11-13(2)20(19-12)10-6-9-18-17(21)14-7-5-8-15(22-3)16(14)23-4/h5,7-8,11H,6,9-10H2,1-4H3,(H,18,21). The molecule has 0 unspecified atom stereocenters. The number of nitrogens with zero attached hydrogens (tertiary/aromatic N) is 2. The van der Waals surface area contributed by atoms with Gasteiger partial charge in [0.2, 0.25) is 0 Å². The third kappa shape index (κ3) is 4.03. The van der Waals surface area contributed by atoms with Gasteiger partial charge in [-0.3, -0.25) is 9.48 Å². The topological polar surface area (TPSA) is 65.4 Å². The molecular formula is C17H23N3O3. The molecule has 1 N–H and O–H groups in total. The SMILES string of the molecule is COc1cccc(C(=O)NCCCn2nc(C)cc2C)c1OC. The van der Waals surface area contributed by atoms with Crippen LogP contribution in [0.5, 0.6) is 11.5 Å². The molecule has 1 aromatic heterocycles. The van der Waals surface area contributed by atoms with Crippen LogP contribution in [0, 0.1) is 13.8 Å². The summed E-state index contributed by atoms with van der Waals surface area (Å²) in [5.41, 5.74) is 2.61. The van der Waals surface area contributed by atoms with Crippen LogP contribution >= 0.6 is 0 Å². The summed E-state index contributed by atoms with van der Waals surface area (Å²) >= 11 is 0. The highest BCUT2D eigenvalue weighted by Crippen LogP contribution is 2.30. The molecule has 0 saturated carbocycles. The van der Waals surface area contributed by atoms with Gasteiger partial charge in [0.15, 0.2) is 11.5 Å². The normalized spacial score (nSPS) is 10.4. The minimum absolute atomic E-state index is 0.172. The Bertz CT molecular complexity index is 680. The summed E-state index contributed by atoms with van der Waals surface area (Å²) in [5, 5.41) is 7.31. The van der Waals surface area contributed by atoms with E-state index in [4.69, 9.17) is 9.47 Å². The number of methoxy groups -OCH3 is 2. The number of rotatable bonds is 7. The molecule has 0 aliphatic carbocycles. The first-order chi connectivity index (χ1) is 11.1. The third-order valence-electron chi connectivity index (χ3n) is 3.58. The van der Waals surface area contributed by atoms with Crippen molar-refractivity contribution in [1.82, 2.24) is 15.1 Å². The number of nitrogens with one attached hydrogen (secondary N) is 1. The Kier molecular flexibility index (Phi) is 5.62. The van der Waals surface area contributed by atoms with Crippen molar-refractivity contribution < 1.29 is 14.3 Å². The number of aromatic nitrogens is 2. The highest BCUT2D eigenvalue weighted by Gasteiger charge is 2.15. The Morgan fingerprint density at radius 2 is 2.04 bits per heavy atom. The number of carbonyl (C=O) groups is 1. The Hall–Kier alpha value is -2.50. The number of hydrogen-bond donors (Lipinski definition) is 1. The zero-order valence-corrected chi connectivity index (χ0v) is 14.0. The van der Waals surface area contributed by atoms with E-state index in [1.165, 1.54) is 7.11 Å². The largest absolute Gasteiger partial charge is 0.493 e. The van der Waals surface area contributed by atoms with Gasteiger partial charge >= 0.3 is 0 Å². The zero-order valence-electron chi connectivity index (χ0n) is 14.0. The molecule has 23 heavy (non-hydrogen) atoms. The van der Waals surface area contributed by atoms with Gasteiger partial charge in [-0.2, -0.15) is 5.10 Å². The van der Waals surface area contributed by atoms with Crippen LogP contribution in [0.1, 0.15) is 28.2 Å². The summed E-state index contributed by atoms with van der Waals surface area (Å²) in [6.07, 6.45) is 0.806. The van der Waals surface area contributed by atoms with Crippen LogP contribution in [0.3, 0.4) is 0 Å². The molecule has 0 saturated heterocycles. The molecule has 1 amide bonds. The van der Waals surface area contributed by atoms with E-state index in [1.807, 2.05) is 24.6 Å². The molecule has 0 spiro atoms. The highest BCUT2D eigenvalue weighted by molar-refractivity contribution is 5.97. The van der Waals surface area contributed by atoms with Crippen molar-refractivity contribution in [2.24, 2.45) is 0 Å². The molecule has 2 rings (SSSR count). The van der Waals surface area contributed by atoms with Crippen molar-refractivity contribution >= 4 is 5.91 Å². The van der Waals surface area contributed by atoms with E-state index >= 15 is 0 Å². The summed E-state index contributed by atoms with van der Waals surface area (Å²) < 4.78 is 12.4. The van der Waals surface area contributed by atoms with Gasteiger partial charge in [0.05, 0.1) is 25.5 Å². The van der Waals surface area contributed by atoms with E-state index in [9.17, 15) is 4.79 Å². The molecule has 0 fully saturated rings. The predicted octanol–water partition coefficient (Wildman–Crippen LogP) is 2.34. The number of ether oxygens (including phenoxy) is 2. The van der Waals surface area contributed by atoms with Crippen molar-refractivity contribution in [3.05, 3.63) is 41.2 Å². The summed E-state index contributed by atoms with van der Waals surface area (Å²) in [6.45, 7) is 5.34. The lowest BCUT2D eigenvalue weighted by Gasteiger charge is -2.12. The van der Waals surface area contributed by atoms with Gasteiger partial charge < -0.3 is 14.8 Å². The number of aryl methyl sites for hydroxylation is 3. The fraction of sp³-hybridized carbons (Fsp3) is 0.412. The van der Waals surface area contributed by atoms with Gasteiger partial charge in [0.25, 0.3) is 5.91 Å². The monoisotopic (exact) mass is 317 g/mol. The summed E-state index contributed by atoms with van der Waals surface area (Å²) in [7, 11) is 3.07. The van der Waals surface area contributed by atoms with Crippen LogP contribution in [0.2, 0.25) is 0 Å². The summed E-state index contributed by atoms with van der Waals surface area (Å²) in [6, 6.07) is 7.29. The molecule has 6 heteroatoms. The minimum Gasteiger partial charge on any atom is -0.493 e. The average Bonchev–Trinajstić information content (AvgIpc) is 2.87. The van der Waals surface area contributed by atoms with Crippen molar-refractivity contribution in [1.29, 1.82) is 0 Å². The van der Waals surface area contributed by atoms with Gasteiger partial charge in [0, 0.05) is 18.8 Å². The van der Waals surface area contributed by atoms with Crippen LogP contribution in [0.15, 0.2) is 24.3 Å². The number of benzene rings is 1. The quantitative estimate of drug-likeness (QED) is 0.796. The van der Waals surface area contributed by atoms with Gasteiger partial charge in [0.1, 0.15) is 0 Å². The van der Waals surface area contributed by atoms with E-state index in [-0.39, 0.29) is 5.91 Å². The second kappa shape index (κ2) is 7.67. The first kappa shape index (κ1) is 16.9. The molecule has 1 heterocycles. The van der Waals surface area contributed by atoms with E-state index in [0.717, 1.165) is 24.4 Å². The van der Waals surface area contributed by atoms with Gasteiger partial charge in [-0.05, 0) is 38.5 Å². The lowest BCUT2D eigenvalue weighted by atomic mass is 10.1. The van der Waals surface area contributed by atoms with Gasteiger partial charge in [-0.25, -0.2) is 0 Å². The molecular weight excluding hydrogens is 294 g/mol. The Morgan fingerprint density at radius 1 is 1.26 bits per heavy atom. The average molecular weight is 317 g/mol. The Labute approximate surface area is 136 Å². The summed E-state index contributed by atoms with van der Waals surface area (Å²) in [4.78, 5) is 12.3. The van der Waals surface area contributed by atoms with E-state index in [1.54, 1.807) is 25.3 Å². The summed E-state index contributed by atoms with van der Waals surface area (Å²) in [5.74, 6) is 0.822. The Morgan fingerprint density at radius 3 is 2.65 bits per heavy atom. The van der Waals surface area contributed by atoms with Crippen LogP contribution in [-0.4, -0.2) is 36.5 Å². The molecule has 2 aromatic rings. The van der Waals surface area contributed by atoms with Crippen molar-refractivity contribution in [2.75, 3.05) is 20.8 Å².